The molecular weight excluding hydrogens is 146 g/mol. The number of hydrogen-bond donors (Lipinski definition) is 1. The van der Waals surface area contributed by atoms with Crippen LogP contribution in [0.5, 0.6) is 0 Å². The van der Waals surface area contributed by atoms with Gasteiger partial charge in [0.25, 0.3) is 0 Å². The normalized spacial score (nSPS) is 20.0. The first-order chi connectivity index (χ1) is 5.74. The SMILES string of the molecule is CNC(CCCC(C)C)C1CC1. The van der Waals surface area contributed by atoms with Gasteiger partial charge in [-0.15, -0.1) is 0 Å². The summed E-state index contributed by atoms with van der Waals surface area (Å²) in [7, 11) is 2.11. The Morgan fingerprint density at radius 3 is 2.33 bits per heavy atom. The highest BCUT2D eigenvalue weighted by molar-refractivity contribution is 4.85. The van der Waals surface area contributed by atoms with Gasteiger partial charge in [-0.2, -0.15) is 0 Å². The standard InChI is InChI=1S/C11H23N/c1-9(2)5-4-6-11(12-3)10-7-8-10/h9-12H,4-8H2,1-3H3. The summed E-state index contributed by atoms with van der Waals surface area (Å²) in [5, 5.41) is 3.44. The van der Waals surface area contributed by atoms with Crippen LogP contribution < -0.4 is 5.32 Å². The van der Waals surface area contributed by atoms with Gasteiger partial charge in [0.1, 0.15) is 0 Å². The first-order valence-electron chi connectivity index (χ1n) is 5.41. The van der Waals surface area contributed by atoms with Gasteiger partial charge in [0, 0.05) is 6.04 Å². The number of nitrogens with one attached hydrogen (secondary N) is 1. The Balaban J connectivity index is 2.02. The number of rotatable bonds is 6. The van der Waals surface area contributed by atoms with Gasteiger partial charge in [-0.3, -0.25) is 0 Å². The van der Waals surface area contributed by atoms with Crippen LogP contribution in [0.4, 0.5) is 0 Å². The second-order valence-corrected chi connectivity index (χ2v) is 4.56. The van der Waals surface area contributed by atoms with Crippen molar-refractivity contribution in [3.8, 4) is 0 Å². The van der Waals surface area contributed by atoms with E-state index in [4.69, 9.17) is 0 Å². The Morgan fingerprint density at radius 2 is 1.92 bits per heavy atom. The summed E-state index contributed by atoms with van der Waals surface area (Å²) in [6.45, 7) is 4.62. The van der Waals surface area contributed by atoms with Gasteiger partial charge < -0.3 is 5.32 Å². The average Bonchev–Trinajstić information content (AvgIpc) is 2.80. The van der Waals surface area contributed by atoms with Crippen LogP contribution in [0.3, 0.4) is 0 Å². The van der Waals surface area contributed by atoms with Crippen LogP contribution in [0.15, 0.2) is 0 Å². The second-order valence-electron chi connectivity index (χ2n) is 4.56. The molecule has 0 aromatic rings. The second kappa shape index (κ2) is 4.86. The van der Waals surface area contributed by atoms with Crippen LogP contribution in [-0.4, -0.2) is 13.1 Å². The van der Waals surface area contributed by atoms with Crippen molar-refractivity contribution >= 4 is 0 Å². The zero-order valence-electron chi connectivity index (χ0n) is 8.77. The van der Waals surface area contributed by atoms with E-state index in [-0.39, 0.29) is 0 Å². The minimum absolute atomic E-state index is 0.823. The highest BCUT2D eigenvalue weighted by Crippen LogP contribution is 2.34. The molecule has 0 spiro atoms. The molecule has 0 radical (unpaired) electrons. The van der Waals surface area contributed by atoms with Gasteiger partial charge >= 0.3 is 0 Å². The molecule has 1 fully saturated rings. The van der Waals surface area contributed by atoms with Crippen molar-refractivity contribution in [2.75, 3.05) is 7.05 Å². The maximum Gasteiger partial charge on any atom is 0.00923 e. The lowest BCUT2D eigenvalue weighted by atomic mass is 10.0. The molecule has 1 rings (SSSR count). The number of hydrogen-bond acceptors (Lipinski definition) is 1. The van der Waals surface area contributed by atoms with Crippen LogP contribution in [0.25, 0.3) is 0 Å². The third-order valence-electron chi connectivity index (χ3n) is 2.86. The molecule has 0 bridgehead atoms. The zero-order valence-corrected chi connectivity index (χ0v) is 8.77. The Bertz CT molecular complexity index is 116. The largest absolute Gasteiger partial charge is 0.317 e. The van der Waals surface area contributed by atoms with E-state index in [1.165, 1.54) is 32.1 Å². The van der Waals surface area contributed by atoms with Crippen molar-refractivity contribution in [3.63, 3.8) is 0 Å². The summed E-state index contributed by atoms with van der Waals surface area (Å²) in [5.74, 6) is 1.89. The average molecular weight is 169 g/mol. The molecule has 1 N–H and O–H groups in total. The minimum atomic E-state index is 0.823. The molecule has 12 heavy (non-hydrogen) atoms. The molecule has 1 nitrogen and oxygen atoms in total. The van der Waals surface area contributed by atoms with E-state index in [9.17, 15) is 0 Å². The van der Waals surface area contributed by atoms with Crippen molar-refractivity contribution in [1.29, 1.82) is 0 Å². The molecule has 1 atom stereocenters. The molecule has 0 aromatic carbocycles. The van der Waals surface area contributed by atoms with Crippen LogP contribution in [0, 0.1) is 11.8 Å². The van der Waals surface area contributed by atoms with Gasteiger partial charge in [0.2, 0.25) is 0 Å². The molecule has 0 aromatic heterocycles. The van der Waals surface area contributed by atoms with Gasteiger partial charge in [-0.1, -0.05) is 26.7 Å². The van der Waals surface area contributed by atoms with Crippen molar-refractivity contribution in [2.24, 2.45) is 11.8 Å². The quantitative estimate of drug-likeness (QED) is 0.644. The van der Waals surface area contributed by atoms with E-state index in [1.807, 2.05) is 0 Å². The fourth-order valence-electron chi connectivity index (χ4n) is 1.86. The Hall–Kier alpha value is -0.0400. The highest BCUT2D eigenvalue weighted by Gasteiger charge is 2.29. The van der Waals surface area contributed by atoms with E-state index in [0.717, 1.165) is 17.9 Å². The lowest BCUT2D eigenvalue weighted by Crippen LogP contribution is -2.27. The molecule has 1 heteroatoms. The van der Waals surface area contributed by atoms with E-state index in [2.05, 4.69) is 26.2 Å². The van der Waals surface area contributed by atoms with Gasteiger partial charge in [0.05, 0.1) is 0 Å². The van der Waals surface area contributed by atoms with E-state index < -0.39 is 0 Å². The molecule has 1 aliphatic rings. The summed E-state index contributed by atoms with van der Waals surface area (Å²) in [6.07, 6.45) is 7.12. The van der Waals surface area contributed by atoms with E-state index in [1.54, 1.807) is 0 Å². The van der Waals surface area contributed by atoms with Crippen LogP contribution in [0.1, 0.15) is 46.0 Å². The van der Waals surface area contributed by atoms with Crippen LogP contribution >= 0.6 is 0 Å². The highest BCUT2D eigenvalue weighted by atomic mass is 14.9. The van der Waals surface area contributed by atoms with Crippen molar-refractivity contribution in [3.05, 3.63) is 0 Å². The van der Waals surface area contributed by atoms with Crippen molar-refractivity contribution in [2.45, 2.75) is 52.0 Å². The Kier molecular flexibility index (Phi) is 4.07. The maximum absolute atomic E-state index is 3.44. The van der Waals surface area contributed by atoms with Gasteiger partial charge in [0.15, 0.2) is 0 Å². The summed E-state index contributed by atoms with van der Waals surface area (Å²) in [5.41, 5.74) is 0. The van der Waals surface area contributed by atoms with E-state index >= 15 is 0 Å². The fraction of sp³-hybridized carbons (Fsp3) is 1.00. The van der Waals surface area contributed by atoms with Crippen molar-refractivity contribution < 1.29 is 0 Å². The minimum Gasteiger partial charge on any atom is -0.317 e. The zero-order chi connectivity index (χ0) is 8.97. The molecule has 0 amide bonds. The molecule has 1 unspecified atom stereocenters. The molecule has 1 aliphatic carbocycles. The summed E-state index contributed by atoms with van der Waals surface area (Å²) < 4.78 is 0. The Morgan fingerprint density at radius 1 is 1.25 bits per heavy atom. The summed E-state index contributed by atoms with van der Waals surface area (Å²) in [4.78, 5) is 0. The van der Waals surface area contributed by atoms with Gasteiger partial charge in [-0.05, 0) is 38.1 Å². The lowest BCUT2D eigenvalue weighted by molar-refractivity contribution is 0.426. The monoisotopic (exact) mass is 169 g/mol. The summed E-state index contributed by atoms with van der Waals surface area (Å²) >= 11 is 0. The third-order valence-corrected chi connectivity index (χ3v) is 2.86. The molecule has 0 heterocycles. The molecule has 0 saturated heterocycles. The van der Waals surface area contributed by atoms with Crippen LogP contribution in [0.2, 0.25) is 0 Å². The first-order valence-corrected chi connectivity index (χ1v) is 5.41. The third kappa shape index (κ3) is 3.57. The molecule has 72 valence electrons. The maximum atomic E-state index is 3.44. The lowest BCUT2D eigenvalue weighted by Gasteiger charge is -2.15. The predicted molar refractivity (Wildman–Crippen MR) is 54.3 cm³/mol. The summed E-state index contributed by atoms with van der Waals surface area (Å²) in [6, 6.07) is 0.823. The smallest absolute Gasteiger partial charge is 0.00923 e. The van der Waals surface area contributed by atoms with Crippen molar-refractivity contribution in [1.82, 2.24) is 5.32 Å². The Labute approximate surface area is 76.9 Å². The van der Waals surface area contributed by atoms with Gasteiger partial charge in [-0.25, -0.2) is 0 Å². The van der Waals surface area contributed by atoms with Crippen LogP contribution in [-0.2, 0) is 0 Å². The predicted octanol–water partition coefficient (Wildman–Crippen LogP) is 2.81. The molecule has 0 aliphatic heterocycles. The fourth-order valence-corrected chi connectivity index (χ4v) is 1.86. The first kappa shape index (κ1) is 10.0. The van der Waals surface area contributed by atoms with E-state index in [0.29, 0.717) is 0 Å². The topological polar surface area (TPSA) is 12.0 Å². The molecular formula is C11H23N. The molecule has 1 saturated carbocycles.